The number of aromatic nitrogens is 4. The summed E-state index contributed by atoms with van der Waals surface area (Å²) in [5.41, 5.74) is 16.2. The van der Waals surface area contributed by atoms with Gasteiger partial charge >= 0.3 is 0 Å². The lowest BCUT2D eigenvalue weighted by Crippen LogP contribution is -2.15. The highest BCUT2D eigenvalue weighted by molar-refractivity contribution is 6.12. The van der Waals surface area contributed by atoms with Crippen LogP contribution in [0.4, 0.5) is 0 Å². The van der Waals surface area contributed by atoms with Gasteiger partial charge in [-0.15, -0.1) is 0 Å². The number of nitrogens with zero attached hydrogens (tertiary/aromatic N) is 4. The fraction of sp³-hybridized carbons (Fsp3) is 0.0556. The number of fused-ring (bicyclic) bond motifs is 6. The van der Waals surface area contributed by atoms with Crippen LogP contribution in [0.15, 0.2) is 194 Å². The predicted octanol–water partition coefficient (Wildman–Crippen LogP) is 13.6. The van der Waals surface area contributed by atoms with Crippen LogP contribution in [0.3, 0.4) is 0 Å². The van der Waals surface area contributed by atoms with Gasteiger partial charge in [-0.25, -0.2) is 15.0 Å². The summed E-state index contributed by atoms with van der Waals surface area (Å²) in [5, 5.41) is 2.50. The molecule has 1 aliphatic rings. The maximum Gasteiger partial charge on any atom is 0.164 e. The lowest BCUT2D eigenvalue weighted by atomic mass is 9.82. The number of para-hydroxylation sites is 1. The molecule has 0 saturated heterocycles. The predicted molar refractivity (Wildman–Crippen MR) is 239 cm³/mol. The molecular formula is C54H38N4. The van der Waals surface area contributed by atoms with E-state index in [0.717, 1.165) is 33.5 Å². The molecule has 0 saturated carbocycles. The van der Waals surface area contributed by atoms with E-state index in [4.69, 9.17) is 15.0 Å². The van der Waals surface area contributed by atoms with E-state index in [9.17, 15) is 0 Å². The number of hydrogen-bond donors (Lipinski definition) is 0. The second-order valence-electron chi connectivity index (χ2n) is 15.7. The molecule has 2 heterocycles. The van der Waals surface area contributed by atoms with Crippen LogP contribution in [0, 0.1) is 0 Å². The normalized spacial score (nSPS) is 12.8. The third-order valence-corrected chi connectivity index (χ3v) is 11.9. The summed E-state index contributed by atoms with van der Waals surface area (Å²) in [4.78, 5) is 14.9. The van der Waals surface area contributed by atoms with Crippen molar-refractivity contribution in [2.75, 3.05) is 0 Å². The average molecular weight is 743 g/mol. The van der Waals surface area contributed by atoms with Gasteiger partial charge in [0.15, 0.2) is 17.5 Å². The molecule has 0 amide bonds. The molecule has 8 aromatic carbocycles. The van der Waals surface area contributed by atoms with Crippen molar-refractivity contribution in [2.45, 2.75) is 19.3 Å². The van der Waals surface area contributed by atoms with Gasteiger partial charge in [0.1, 0.15) is 0 Å². The molecule has 0 N–H and O–H groups in total. The van der Waals surface area contributed by atoms with Crippen LogP contribution >= 0.6 is 0 Å². The minimum absolute atomic E-state index is 0.118. The van der Waals surface area contributed by atoms with E-state index in [1.165, 1.54) is 55.2 Å². The van der Waals surface area contributed by atoms with Crippen LogP contribution in [0.2, 0.25) is 0 Å². The van der Waals surface area contributed by atoms with Crippen LogP contribution in [-0.2, 0) is 5.41 Å². The van der Waals surface area contributed by atoms with Crippen LogP contribution in [-0.4, -0.2) is 19.5 Å². The summed E-state index contributed by atoms with van der Waals surface area (Å²) in [6.45, 7) is 4.71. The quantitative estimate of drug-likeness (QED) is 0.170. The Morgan fingerprint density at radius 2 is 0.862 bits per heavy atom. The first kappa shape index (κ1) is 33.9. The van der Waals surface area contributed by atoms with Crippen molar-refractivity contribution >= 4 is 21.8 Å². The van der Waals surface area contributed by atoms with Gasteiger partial charge in [0.05, 0.1) is 16.7 Å². The van der Waals surface area contributed by atoms with Crippen molar-refractivity contribution in [1.82, 2.24) is 19.5 Å². The van der Waals surface area contributed by atoms with E-state index >= 15 is 0 Å². The molecule has 2 aromatic heterocycles. The van der Waals surface area contributed by atoms with Gasteiger partial charge in [-0.1, -0.05) is 178 Å². The van der Waals surface area contributed by atoms with E-state index in [2.05, 4.69) is 152 Å². The minimum atomic E-state index is -0.118. The van der Waals surface area contributed by atoms with E-state index in [1.54, 1.807) is 0 Å². The Morgan fingerprint density at radius 3 is 1.52 bits per heavy atom. The Hall–Kier alpha value is -7.43. The van der Waals surface area contributed by atoms with Crippen molar-refractivity contribution in [3.63, 3.8) is 0 Å². The fourth-order valence-electron chi connectivity index (χ4n) is 8.93. The van der Waals surface area contributed by atoms with Crippen LogP contribution < -0.4 is 0 Å². The highest BCUT2D eigenvalue weighted by Gasteiger charge is 2.36. The summed E-state index contributed by atoms with van der Waals surface area (Å²) in [6, 6.07) is 69.1. The van der Waals surface area contributed by atoms with Crippen LogP contribution in [0.1, 0.15) is 25.0 Å². The highest BCUT2D eigenvalue weighted by atomic mass is 15.0. The average Bonchev–Trinajstić information content (AvgIpc) is 3.73. The Balaban J connectivity index is 1.10. The topological polar surface area (TPSA) is 43.6 Å². The Bertz CT molecular complexity index is 3110. The van der Waals surface area contributed by atoms with Gasteiger partial charge in [0, 0.05) is 38.4 Å². The zero-order chi connectivity index (χ0) is 38.8. The summed E-state index contributed by atoms with van der Waals surface area (Å²) < 4.78 is 2.48. The Labute approximate surface area is 337 Å². The molecular weight excluding hydrogens is 705 g/mol. The van der Waals surface area contributed by atoms with Gasteiger partial charge < -0.3 is 4.57 Å². The summed E-state index contributed by atoms with van der Waals surface area (Å²) in [7, 11) is 0. The zero-order valence-electron chi connectivity index (χ0n) is 32.3. The molecule has 0 radical (unpaired) electrons. The molecule has 274 valence electrons. The maximum atomic E-state index is 5.01. The first-order valence-electron chi connectivity index (χ1n) is 19.9. The second kappa shape index (κ2) is 13.4. The highest BCUT2D eigenvalue weighted by Crippen LogP contribution is 2.51. The van der Waals surface area contributed by atoms with Crippen molar-refractivity contribution in [3.05, 3.63) is 205 Å². The molecule has 0 bridgehead atoms. The standard InChI is InChI=1S/C54H38N4/c1-54(2)46-24-14-12-22-41(46)44-33-45-42-23-13-15-25-48(42)58(50(45)34-47(44)54)49-31-30-40(35-16-6-3-7-17-35)32-43(49)36-26-28-39(29-27-36)53-56-51(37-18-8-4-9-19-37)55-52(57-53)38-20-10-5-11-21-38/h3-34H,1-2H3. The molecule has 4 nitrogen and oxygen atoms in total. The number of hydrogen-bond acceptors (Lipinski definition) is 3. The SMILES string of the molecule is CC1(C)c2ccccc2-c2cc3c4ccccc4n(-c4ccc(-c5ccccc5)cc4-c4ccc(-c5nc(-c6ccccc6)nc(-c6ccccc6)n5)cc4)c3cc21. The Morgan fingerprint density at radius 1 is 0.345 bits per heavy atom. The van der Waals surface area contributed by atoms with E-state index in [-0.39, 0.29) is 5.41 Å². The second-order valence-corrected chi connectivity index (χ2v) is 15.7. The number of benzene rings is 8. The molecule has 4 heteroatoms. The van der Waals surface area contributed by atoms with Crippen molar-refractivity contribution in [1.29, 1.82) is 0 Å². The molecule has 0 unspecified atom stereocenters. The maximum absolute atomic E-state index is 5.01. The monoisotopic (exact) mass is 742 g/mol. The van der Waals surface area contributed by atoms with Crippen molar-refractivity contribution in [2.24, 2.45) is 0 Å². The zero-order valence-corrected chi connectivity index (χ0v) is 32.3. The third kappa shape index (κ3) is 5.48. The molecule has 10 aromatic rings. The van der Waals surface area contributed by atoms with Crippen molar-refractivity contribution < 1.29 is 0 Å². The summed E-state index contributed by atoms with van der Waals surface area (Å²) in [5.74, 6) is 1.93. The van der Waals surface area contributed by atoms with Gasteiger partial charge in [0.2, 0.25) is 0 Å². The van der Waals surface area contributed by atoms with E-state index in [0.29, 0.717) is 17.5 Å². The van der Waals surface area contributed by atoms with Gasteiger partial charge in [-0.3, -0.25) is 0 Å². The molecule has 0 spiro atoms. The van der Waals surface area contributed by atoms with Gasteiger partial charge in [0.25, 0.3) is 0 Å². The molecule has 0 atom stereocenters. The fourth-order valence-corrected chi connectivity index (χ4v) is 8.93. The minimum Gasteiger partial charge on any atom is -0.309 e. The summed E-state index contributed by atoms with van der Waals surface area (Å²) >= 11 is 0. The van der Waals surface area contributed by atoms with Crippen molar-refractivity contribution in [3.8, 4) is 73.2 Å². The first-order chi connectivity index (χ1) is 28.5. The molecule has 11 rings (SSSR count). The van der Waals surface area contributed by atoms with E-state index in [1.807, 2.05) is 60.7 Å². The third-order valence-electron chi connectivity index (χ3n) is 11.9. The number of rotatable bonds is 6. The molecule has 58 heavy (non-hydrogen) atoms. The van der Waals surface area contributed by atoms with Gasteiger partial charge in [-0.05, 0) is 69.3 Å². The van der Waals surface area contributed by atoms with Gasteiger partial charge in [-0.2, -0.15) is 0 Å². The molecule has 0 aliphatic heterocycles. The Kier molecular flexibility index (Phi) is 7.80. The molecule has 1 aliphatic carbocycles. The molecule has 0 fully saturated rings. The lowest BCUT2D eigenvalue weighted by molar-refractivity contribution is 0.661. The largest absolute Gasteiger partial charge is 0.309 e. The van der Waals surface area contributed by atoms with Crippen LogP contribution in [0.5, 0.6) is 0 Å². The van der Waals surface area contributed by atoms with E-state index < -0.39 is 0 Å². The first-order valence-corrected chi connectivity index (χ1v) is 19.9. The lowest BCUT2D eigenvalue weighted by Gasteiger charge is -2.22. The van der Waals surface area contributed by atoms with Crippen LogP contribution in [0.25, 0.3) is 95.0 Å². The summed E-state index contributed by atoms with van der Waals surface area (Å²) in [6.07, 6.45) is 0. The smallest absolute Gasteiger partial charge is 0.164 e.